The van der Waals surface area contributed by atoms with Crippen LogP contribution in [-0.2, 0) is 0 Å². The molecule has 5 heteroatoms. The van der Waals surface area contributed by atoms with Crippen molar-refractivity contribution in [3.05, 3.63) is 24.0 Å². The van der Waals surface area contributed by atoms with E-state index < -0.39 is 6.10 Å². The third kappa shape index (κ3) is 3.01. The zero-order valence-electron chi connectivity index (χ0n) is 7.51. The number of pyridine rings is 1. The first kappa shape index (κ1) is 10.4. The van der Waals surface area contributed by atoms with E-state index in [1.54, 1.807) is 12.1 Å². The molecule has 0 bridgehead atoms. The first-order valence-electron chi connectivity index (χ1n) is 4.15. The molecule has 14 heavy (non-hydrogen) atoms. The van der Waals surface area contributed by atoms with Gasteiger partial charge in [0.2, 0.25) is 0 Å². The van der Waals surface area contributed by atoms with Crippen LogP contribution in [0.2, 0.25) is 0 Å². The quantitative estimate of drug-likeness (QED) is 0.612. The van der Waals surface area contributed by atoms with Crippen LogP contribution in [0.1, 0.15) is 5.69 Å². The summed E-state index contributed by atoms with van der Waals surface area (Å²) in [5.41, 5.74) is 1.05. The molecule has 0 fully saturated rings. The first-order valence-corrected chi connectivity index (χ1v) is 4.15. The minimum atomic E-state index is -0.786. The average molecular weight is 193 g/mol. The molecule has 74 valence electrons. The van der Waals surface area contributed by atoms with Crippen molar-refractivity contribution < 1.29 is 10.2 Å². The minimum Gasteiger partial charge on any atom is -0.394 e. The van der Waals surface area contributed by atoms with E-state index in [-0.39, 0.29) is 13.2 Å². The van der Waals surface area contributed by atoms with E-state index in [2.05, 4.69) is 10.3 Å². The zero-order valence-corrected chi connectivity index (χ0v) is 7.51. The summed E-state index contributed by atoms with van der Waals surface area (Å²) in [5, 5.41) is 28.9. The number of rotatable bonds is 4. The van der Waals surface area contributed by atoms with Gasteiger partial charge in [-0.1, -0.05) is 0 Å². The summed E-state index contributed by atoms with van der Waals surface area (Å²) in [4.78, 5) is 3.83. The molecule has 0 radical (unpaired) electrons. The van der Waals surface area contributed by atoms with E-state index in [0.717, 1.165) is 0 Å². The van der Waals surface area contributed by atoms with E-state index in [1.807, 2.05) is 6.07 Å². The predicted molar refractivity (Wildman–Crippen MR) is 50.5 cm³/mol. The predicted octanol–water partition coefficient (Wildman–Crippen LogP) is -0.282. The lowest BCUT2D eigenvalue weighted by Crippen LogP contribution is -2.22. The summed E-state index contributed by atoms with van der Waals surface area (Å²) < 4.78 is 0. The summed E-state index contributed by atoms with van der Waals surface area (Å²) >= 11 is 0. The van der Waals surface area contributed by atoms with E-state index in [1.165, 1.54) is 6.20 Å². The second kappa shape index (κ2) is 5.17. The van der Waals surface area contributed by atoms with Gasteiger partial charge in [0, 0.05) is 6.54 Å². The third-order valence-electron chi connectivity index (χ3n) is 1.63. The molecule has 1 rings (SSSR count). The van der Waals surface area contributed by atoms with Gasteiger partial charge >= 0.3 is 0 Å². The molecular weight excluding hydrogens is 182 g/mol. The molecule has 1 aromatic rings. The molecule has 0 aliphatic carbocycles. The first-order chi connectivity index (χ1) is 6.76. The molecule has 0 aromatic carbocycles. The number of aromatic nitrogens is 1. The highest BCUT2D eigenvalue weighted by atomic mass is 16.3. The third-order valence-corrected chi connectivity index (χ3v) is 1.63. The normalized spacial score (nSPS) is 11.8. The van der Waals surface area contributed by atoms with Crippen LogP contribution in [0.3, 0.4) is 0 Å². The molecule has 0 saturated heterocycles. The molecule has 1 unspecified atom stereocenters. The van der Waals surface area contributed by atoms with Crippen molar-refractivity contribution >= 4 is 5.69 Å². The number of nitrogens with zero attached hydrogens (tertiary/aromatic N) is 2. The van der Waals surface area contributed by atoms with Crippen molar-refractivity contribution in [3.8, 4) is 6.07 Å². The van der Waals surface area contributed by atoms with Gasteiger partial charge in [-0.3, -0.25) is 0 Å². The summed E-state index contributed by atoms with van der Waals surface area (Å²) in [6.07, 6.45) is 0.716. The second-order valence-electron chi connectivity index (χ2n) is 2.76. The summed E-state index contributed by atoms with van der Waals surface area (Å²) in [6.45, 7) is -0.0270. The zero-order chi connectivity index (χ0) is 10.4. The molecule has 1 aromatic heterocycles. The minimum absolute atomic E-state index is 0.254. The summed E-state index contributed by atoms with van der Waals surface area (Å²) in [6, 6.07) is 5.17. The van der Waals surface area contributed by atoms with Crippen molar-refractivity contribution in [2.75, 3.05) is 18.5 Å². The molecular formula is C9H11N3O2. The molecule has 0 saturated carbocycles. The van der Waals surface area contributed by atoms with Crippen molar-refractivity contribution in [2.45, 2.75) is 6.10 Å². The number of aliphatic hydroxyl groups is 2. The number of hydrogen-bond donors (Lipinski definition) is 3. The Morgan fingerprint density at radius 2 is 2.36 bits per heavy atom. The number of aliphatic hydroxyl groups excluding tert-OH is 2. The van der Waals surface area contributed by atoms with E-state index >= 15 is 0 Å². The van der Waals surface area contributed by atoms with Crippen LogP contribution >= 0.6 is 0 Å². The van der Waals surface area contributed by atoms with Gasteiger partial charge in [0.05, 0.1) is 24.6 Å². The van der Waals surface area contributed by atoms with Crippen molar-refractivity contribution in [1.29, 1.82) is 5.26 Å². The van der Waals surface area contributed by atoms with Crippen LogP contribution in [0.25, 0.3) is 0 Å². The molecule has 0 spiro atoms. The standard InChI is InChI=1S/C9H11N3O2/c10-3-7-1-2-8(4-11-7)12-5-9(14)6-13/h1-2,4,9,12-14H,5-6H2. The highest BCUT2D eigenvalue weighted by Crippen LogP contribution is 2.05. The smallest absolute Gasteiger partial charge is 0.140 e. The Balaban J connectivity index is 2.49. The molecule has 0 aliphatic heterocycles. The molecule has 1 atom stereocenters. The summed E-state index contributed by atoms with van der Waals surface area (Å²) in [7, 11) is 0. The Bertz CT molecular complexity index is 318. The van der Waals surface area contributed by atoms with Crippen LogP contribution < -0.4 is 5.32 Å². The fraction of sp³-hybridized carbons (Fsp3) is 0.333. The Hall–Kier alpha value is -1.64. The number of nitriles is 1. The SMILES string of the molecule is N#Cc1ccc(NCC(O)CO)cn1. The van der Waals surface area contributed by atoms with Crippen LogP contribution in [0.15, 0.2) is 18.3 Å². The maximum atomic E-state index is 9.03. The molecule has 0 aliphatic rings. The lowest BCUT2D eigenvalue weighted by atomic mass is 10.3. The summed E-state index contributed by atoms with van der Waals surface area (Å²) in [5.74, 6) is 0. The van der Waals surface area contributed by atoms with Gasteiger partial charge < -0.3 is 15.5 Å². The van der Waals surface area contributed by atoms with Gasteiger partial charge in [-0.15, -0.1) is 0 Å². The van der Waals surface area contributed by atoms with Gasteiger partial charge in [-0.05, 0) is 12.1 Å². The number of anilines is 1. The van der Waals surface area contributed by atoms with Crippen LogP contribution in [0.4, 0.5) is 5.69 Å². The molecule has 3 N–H and O–H groups in total. The number of nitrogens with one attached hydrogen (secondary N) is 1. The van der Waals surface area contributed by atoms with Gasteiger partial charge in [-0.25, -0.2) is 4.98 Å². The van der Waals surface area contributed by atoms with E-state index in [4.69, 9.17) is 15.5 Å². The highest BCUT2D eigenvalue weighted by Gasteiger charge is 2.01. The Morgan fingerprint density at radius 3 is 2.86 bits per heavy atom. The van der Waals surface area contributed by atoms with Crippen molar-refractivity contribution in [1.82, 2.24) is 4.98 Å². The fourth-order valence-electron chi connectivity index (χ4n) is 0.865. The lowest BCUT2D eigenvalue weighted by molar-refractivity contribution is 0.105. The van der Waals surface area contributed by atoms with Gasteiger partial charge in [-0.2, -0.15) is 5.26 Å². The average Bonchev–Trinajstić information content (AvgIpc) is 2.26. The Kier molecular flexibility index (Phi) is 3.85. The number of hydrogen-bond acceptors (Lipinski definition) is 5. The van der Waals surface area contributed by atoms with Gasteiger partial charge in [0.25, 0.3) is 0 Å². The van der Waals surface area contributed by atoms with E-state index in [9.17, 15) is 0 Å². The molecule has 1 heterocycles. The van der Waals surface area contributed by atoms with Gasteiger partial charge in [0.15, 0.2) is 0 Å². The maximum Gasteiger partial charge on any atom is 0.140 e. The largest absolute Gasteiger partial charge is 0.394 e. The monoisotopic (exact) mass is 193 g/mol. The Morgan fingerprint density at radius 1 is 1.57 bits per heavy atom. The second-order valence-corrected chi connectivity index (χ2v) is 2.76. The molecule has 5 nitrogen and oxygen atoms in total. The van der Waals surface area contributed by atoms with Crippen molar-refractivity contribution in [3.63, 3.8) is 0 Å². The van der Waals surface area contributed by atoms with Gasteiger partial charge in [0.1, 0.15) is 11.8 Å². The lowest BCUT2D eigenvalue weighted by Gasteiger charge is -2.09. The van der Waals surface area contributed by atoms with Crippen LogP contribution in [-0.4, -0.2) is 34.5 Å². The van der Waals surface area contributed by atoms with Crippen LogP contribution in [0, 0.1) is 11.3 Å². The van der Waals surface area contributed by atoms with Crippen LogP contribution in [0.5, 0.6) is 0 Å². The fourth-order valence-corrected chi connectivity index (χ4v) is 0.865. The highest BCUT2D eigenvalue weighted by molar-refractivity contribution is 5.42. The maximum absolute atomic E-state index is 9.03. The Labute approximate surface area is 81.6 Å². The topological polar surface area (TPSA) is 89.2 Å². The van der Waals surface area contributed by atoms with E-state index in [0.29, 0.717) is 11.4 Å². The molecule has 0 amide bonds. The van der Waals surface area contributed by atoms with Crippen molar-refractivity contribution in [2.24, 2.45) is 0 Å².